The molecule has 3 rings (SSSR count). The Bertz CT molecular complexity index is 595. The number of anilines is 1. The van der Waals surface area contributed by atoms with Crippen molar-refractivity contribution >= 4 is 17.5 Å². The third kappa shape index (κ3) is 1.43. The van der Waals surface area contributed by atoms with Gasteiger partial charge >= 0.3 is 0 Å². The number of nitrogen functional groups attached to an aromatic ring is 1. The number of rotatable bonds is 1. The average Bonchev–Trinajstić information content (AvgIpc) is 2.92. The van der Waals surface area contributed by atoms with Gasteiger partial charge in [0.1, 0.15) is 0 Å². The van der Waals surface area contributed by atoms with Crippen molar-refractivity contribution in [2.24, 2.45) is 0 Å². The van der Waals surface area contributed by atoms with Crippen molar-refractivity contribution in [1.82, 2.24) is 5.16 Å². The van der Waals surface area contributed by atoms with Gasteiger partial charge < -0.3 is 19.7 Å². The van der Waals surface area contributed by atoms with Crippen LogP contribution in [0.1, 0.15) is 5.56 Å². The number of benzene rings is 1. The first kappa shape index (κ1) is 10.3. The Morgan fingerprint density at radius 3 is 2.76 bits per heavy atom. The SMILES string of the molecule is Cc1c(-c2cnoc2N)cc(Cl)c2c1OCO2. The summed E-state index contributed by atoms with van der Waals surface area (Å²) < 4.78 is 15.5. The molecule has 1 aromatic heterocycles. The minimum absolute atomic E-state index is 0.179. The minimum Gasteiger partial charge on any atom is -0.453 e. The molecule has 0 saturated carbocycles. The number of aromatic nitrogens is 1. The Hall–Kier alpha value is -1.88. The van der Waals surface area contributed by atoms with Crippen molar-refractivity contribution in [3.8, 4) is 22.6 Å². The van der Waals surface area contributed by atoms with Gasteiger partial charge in [-0.05, 0) is 18.6 Å². The van der Waals surface area contributed by atoms with Crippen molar-refractivity contribution in [1.29, 1.82) is 0 Å². The molecule has 1 aliphatic heterocycles. The van der Waals surface area contributed by atoms with E-state index in [1.807, 2.05) is 6.92 Å². The quantitative estimate of drug-likeness (QED) is 0.845. The Labute approximate surface area is 102 Å². The molecule has 0 fully saturated rings. The van der Waals surface area contributed by atoms with E-state index in [1.54, 1.807) is 12.3 Å². The molecule has 2 heterocycles. The number of fused-ring (bicyclic) bond motifs is 1. The summed E-state index contributed by atoms with van der Waals surface area (Å²) in [4.78, 5) is 0. The highest BCUT2D eigenvalue weighted by Crippen LogP contribution is 2.46. The number of ether oxygens (including phenoxy) is 2. The van der Waals surface area contributed by atoms with Gasteiger partial charge in [0, 0.05) is 5.56 Å². The molecule has 17 heavy (non-hydrogen) atoms. The Morgan fingerprint density at radius 2 is 2.06 bits per heavy atom. The second-order valence-corrected chi connectivity index (χ2v) is 4.11. The van der Waals surface area contributed by atoms with E-state index >= 15 is 0 Å². The molecule has 0 saturated heterocycles. The maximum Gasteiger partial charge on any atom is 0.231 e. The van der Waals surface area contributed by atoms with Crippen LogP contribution in [0.3, 0.4) is 0 Å². The highest BCUT2D eigenvalue weighted by Gasteiger charge is 2.24. The molecule has 6 heteroatoms. The predicted molar refractivity (Wildman–Crippen MR) is 62.2 cm³/mol. The van der Waals surface area contributed by atoms with Gasteiger partial charge in [0.15, 0.2) is 11.5 Å². The van der Waals surface area contributed by atoms with E-state index in [4.69, 9.17) is 31.3 Å². The van der Waals surface area contributed by atoms with Crippen LogP contribution in [0.15, 0.2) is 16.8 Å². The molecular weight excluding hydrogens is 244 g/mol. The number of hydrogen-bond donors (Lipinski definition) is 1. The smallest absolute Gasteiger partial charge is 0.231 e. The third-order valence-corrected chi connectivity index (χ3v) is 3.01. The summed E-state index contributed by atoms with van der Waals surface area (Å²) in [7, 11) is 0. The summed E-state index contributed by atoms with van der Waals surface area (Å²) >= 11 is 6.12. The summed E-state index contributed by atoms with van der Waals surface area (Å²) in [5, 5.41) is 4.13. The average molecular weight is 253 g/mol. The minimum atomic E-state index is 0.179. The molecule has 2 N–H and O–H groups in total. The zero-order valence-corrected chi connectivity index (χ0v) is 9.75. The van der Waals surface area contributed by atoms with Crippen LogP contribution < -0.4 is 15.2 Å². The Morgan fingerprint density at radius 1 is 1.29 bits per heavy atom. The van der Waals surface area contributed by atoms with E-state index in [-0.39, 0.29) is 12.7 Å². The largest absolute Gasteiger partial charge is 0.453 e. The first-order chi connectivity index (χ1) is 8.18. The fourth-order valence-electron chi connectivity index (χ4n) is 1.89. The van der Waals surface area contributed by atoms with E-state index < -0.39 is 0 Å². The zero-order valence-electron chi connectivity index (χ0n) is 8.99. The van der Waals surface area contributed by atoms with Gasteiger partial charge in [-0.1, -0.05) is 16.8 Å². The van der Waals surface area contributed by atoms with Crippen molar-refractivity contribution in [2.45, 2.75) is 6.92 Å². The van der Waals surface area contributed by atoms with Gasteiger partial charge in [-0.15, -0.1) is 0 Å². The summed E-state index contributed by atoms with van der Waals surface area (Å²) in [6.07, 6.45) is 1.55. The van der Waals surface area contributed by atoms with E-state index in [1.165, 1.54) is 0 Å². The molecule has 0 spiro atoms. The fraction of sp³-hybridized carbons (Fsp3) is 0.182. The van der Waals surface area contributed by atoms with E-state index in [0.29, 0.717) is 22.1 Å². The van der Waals surface area contributed by atoms with Gasteiger partial charge in [-0.2, -0.15) is 0 Å². The van der Waals surface area contributed by atoms with Gasteiger partial charge in [0.05, 0.1) is 16.8 Å². The maximum absolute atomic E-state index is 6.12. The lowest BCUT2D eigenvalue weighted by Gasteiger charge is -2.08. The highest BCUT2D eigenvalue weighted by atomic mass is 35.5. The van der Waals surface area contributed by atoms with Gasteiger partial charge in [0.25, 0.3) is 0 Å². The van der Waals surface area contributed by atoms with Crippen LogP contribution >= 0.6 is 11.6 Å². The van der Waals surface area contributed by atoms with Crippen molar-refractivity contribution in [2.75, 3.05) is 12.5 Å². The Balaban J connectivity index is 2.26. The molecule has 0 atom stereocenters. The number of hydrogen-bond acceptors (Lipinski definition) is 5. The van der Waals surface area contributed by atoms with Crippen LogP contribution in [0, 0.1) is 6.92 Å². The number of nitrogens with two attached hydrogens (primary N) is 1. The van der Waals surface area contributed by atoms with Crippen LogP contribution in [-0.2, 0) is 0 Å². The van der Waals surface area contributed by atoms with Crippen molar-refractivity contribution in [3.05, 3.63) is 22.8 Å². The Kier molecular flexibility index (Phi) is 2.16. The lowest BCUT2D eigenvalue weighted by molar-refractivity contribution is 0.173. The summed E-state index contributed by atoms with van der Waals surface area (Å²) in [6, 6.07) is 1.77. The molecular formula is C11H9ClN2O3. The van der Waals surface area contributed by atoms with E-state index in [0.717, 1.165) is 11.1 Å². The molecule has 5 nitrogen and oxygen atoms in total. The van der Waals surface area contributed by atoms with Crippen molar-refractivity contribution in [3.63, 3.8) is 0 Å². The monoisotopic (exact) mass is 252 g/mol. The molecule has 1 aromatic carbocycles. The van der Waals surface area contributed by atoms with Gasteiger partial charge in [-0.25, -0.2) is 0 Å². The van der Waals surface area contributed by atoms with E-state index in [9.17, 15) is 0 Å². The lowest BCUT2D eigenvalue weighted by atomic mass is 10.0. The molecule has 0 radical (unpaired) electrons. The summed E-state index contributed by atoms with van der Waals surface area (Å²) in [5.41, 5.74) is 8.12. The number of nitrogens with zero attached hydrogens (tertiary/aromatic N) is 1. The molecule has 88 valence electrons. The van der Waals surface area contributed by atoms with Crippen LogP contribution in [0.4, 0.5) is 5.88 Å². The summed E-state index contributed by atoms with van der Waals surface area (Å²) in [6.45, 7) is 2.09. The first-order valence-corrected chi connectivity index (χ1v) is 5.35. The zero-order chi connectivity index (χ0) is 12.0. The van der Waals surface area contributed by atoms with E-state index in [2.05, 4.69) is 5.16 Å². The standard InChI is InChI=1S/C11H9ClN2O3/c1-5-6(7-3-14-17-11(7)13)2-8(12)10-9(5)15-4-16-10/h2-3H,4,13H2,1H3. The van der Waals surface area contributed by atoms with Crippen LogP contribution in [0.25, 0.3) is 11.1 Å². The highest BCUT2D eigenvalue weighted by molar-refractivity contribution is 6.32. The molecule has 0 unspecified atom stereocenters. The van der Waals surface area contributed by atoms with Gasteiger partial charge in [0.2, 0.25) is 12.7 Å². The second-order valence-electron chi connectivity index (χ2n) is 3.70. The van der Waals surface area contributed by atoms with Gasteiger partial charge in [-0.3, -0.25) is 0 Å². The number of halogens is 1. The fourth-order valence-corrected chi connectivity index (χ4v) is 2.14. The first-order valence-electron chi connectivity index (χ1n) is 4.97. The van der Waals surface area contributed by atoms with Crippen LogP contribution in [0.2, 0.25) is 5.02 Å². The van der Waals surface area contributed by atoms with Crippen molar-refractivity contribution < 1.29 is 14.0 Å². The normalized spacial score (nSPS) is 13.1. The summed E-state index contributed by atoms with van der Waals surface area (Å²) in [5.74, 6) is 1.47. The third-order valence-electron chi connectivity index (χ3n) is 2.73. The molecule has 0 bridgehead atoms. The lowest BCUT2D eigenvalue weighted by Crippen LogP contribution is -1.94. The maximum atomic E-state index is 6.12. The van der Waals surface area contributed by atoms with Crippen LogP contribution in [0.5, 0.6) is 11.5 Å². The predicted octanol–water partition coefficient (Wildman–Crippen LogP) is 2.61. The second kappa shape index (κ2) is 3.56. The van der Waals surface area contributed by atoms with Crippen LogP contribution in [-0.4, -0.2) is 11.9 Å². The molecule has 2 aromatic rings. The topological polar surface area (TPSA) is 70.5 Å². The molecule has 1 aliphatic rings. The molecule has 0 amide bonds. The molecule has 0 aliphatic carbocycles.